The first-order chi connectivity index (χ1) is 18.6. The van der Waals surface area contributed by atoms with Crippen LogP contribution in [0.25, 0.3) is 10.9 Å². The van der Waals surface area contributed by atoms with Gasteiger partial charge in [-0.1, -0.05) is 30.3 Å². The van der Waals surface area contributed by atoms with Gasteiger partial charge in [-0.25, -0.2) is 4.79 Å². The van der Waals surface area contributed by atoms with Crippen molar-refractivity contribution in [3.8, 4) is 5.75 Å². The van der Waals surface area contributed by atoms with Gasteiger partial charge in [0.15, 0.2) is 0 Å². The van der Waals surface area contributed by atoms with Crippen molar-refractivity contribution in [3.63, 3.8) is 0 Å². The van der Waals surface area contributed by atoms with E-state index in [1.165, 1.54) is 12.1 Å². The number of aliphatic carboxylic acids is 1. The lowest BCUT2D eigenvalue weighted by atomic mass is 10.0. The van der Waals surface area contributed by atoms with Crippen LogP contribution >= 0.6 is 25.3 Å². The molecule has 0 saturated heterocycles. The molecule has 0 aliphatic carbocycles. The number of aromatic amines is 1. The van der Waals surface area contributed by atoms with Gasteiger partial charge in [0.05, 0.1) is 6.04 Å². The number of phenolic OH excluding ortho intramolecular Hbond substituents is 1. The zero-order valence-electron chi connectivity index (χ0n) is 20.8. The summed E-state index contributed by atoms with van der Waals surface area (Å²) < 4.78 is 0. The fraction of sp³-hybridized carbons (Fsp3) is 0.308. The number of aromatic nitrogens is 1. The van der Waals surface area contributed by atoms with E-state index >= 15 is 0 Å². The number of carboxylic acids is 1. The molecule has 4 unspecified atom stereocenters. The van der Waals surface area contributed by atoms with Crippen molar-refractivity contribution in [2.75, 3.05) is 11.5 Å². The third-order valence-corrected chi connectivity index (χ3v) is 6.80. The summed E-state index contributed by atoms with van der Waals surface area (Å²) in [6.07, 6.45) is 2.03. The van der Waals surface area contributed by atoms with Crippen molar-refractivity contribution in [2.45, 2.75) is 37.0 Å². The highest BCUT2D eigenvalue weighted by Gasteiger charge is 2.30. The summed E-state index contributed by atoms with van der Waals surface area (Å²) in [5.74, 6) is -3.54. The number of hydrogen-bond donors (Lipinski definition) is 9. The van der Waals surface area contributed by atoms with Crippen molar-refractivity contribution in [1.82, 2.24) is 20.9 Å². The maximum atomic E-state index is 13.3. The maximum Gasteiger partial charge on any atom is 0.327 e. The lowest BCUT2D eigenvalue weighted by Crippen LogP contribution is -2.58. The van der Waals surface area contributed by atoms with Gasteiger partial charge in [-0.15, -0.1) is 0 Å². The first kappa shape index (κ1) is 29.9. The number of amides is 3. The zero-order valence-corrected chi connectivity index (χ0v) is 22.6. The van der Waals surface area contributed by atoms with Crippen LogP contribution in [0.4, 0.5) is 0 Å². The van der Waals surface area contributed by atoms with E-state index in [4.69, 9.17) is 5.73 Å². The topological polar surface area (TPSA) is 187 Å². The molecule has 39 heavy (non-hydrogen) atoms. The number of para-hydroxylation sites is 1. The van der Waals surface area contributed by atoms with Crippen LogP contribution < -0.4 is 21.7 Å². The highest BCUT2D eigenvalue weighted by Crippen LogP contribution is 2.19. The molecule has 0 bridgehead atoms. The molecule has 0 spiro atoms. The van der Waals surface area contributed by atoms with Crippen LogP contribution in [0, 0.1) is 0 Å². The summed E-state index contributed by atoms with van der Waals surface area (Å²) in [5.41, 5.74) is 8.59. The van der Waals surface area contributed by atoms with Gasteiger partial charge in [0, 0.05) is 35.0 Å². The van der Waals surface area contributed by atoms with Crippen molar-refractivity contribution in [3.05, 3.63) is 65.9 Å². The Morgan fingerprint density at radius 3 is 2.05 bits per heavy atom. The van der Waals surface area contributed by atoms with Crippen molar-refractivity contribution >= 4 is 59.9 Å². The lowest BCUT2D eigenvalue weighted by Gasteiger charge is -2.24. The van der Waals surface area contributed by atoms with Crippen LogP contribution in [-0.2, 0) is 32.0 Å². The molecule has 1 aromatic heterocycles. The molecule has 0 aliphatic rings. The predicted octanol–water partition coefficient (Wildman–Crippen LogP) is 0.385. The molecule has 11 nitrogen and oxygen atoms in total. The number of aromatic hydroxyl groups is 1. The van der Waals surface area contributed by atoms with E-state index in [-0.39, 0.29) is 30.1 Å². The molecule has 3 rings (SSSR count). The van der Waals surface area contributed by atoms with Crippen molar-refractivity contribution in [1.29, 1.82) is 0 Å². The number of carboxylic acid groups (broad SMARTS) is 1. The van der Waals surface area contributed by atoms with E-state index < -0.39 is 47.9 Å². The molecule has 3 aromatic rings. The summed E-state index contributed by atoms with van der Waals surface area (Å²) in [6.45, 7) is 0. The van der Waals surface area contributed by atoms with E-state index in [1.807, 2.05) is 24.3 Å². The number of carbonyl (C=O) groups excluding carboxylic acids is 3. The summed E-state index contributed by atoms with van der Waals surface area (Å²) in [6, 6.07) is 9.14. The van der Waals surface area contributed by atoms with Gasteiger partial charge in [-0.2, -0.15) is 25.3 Å². The Bertz CT molecular complexity index is 1320. The van der Waals surface area contributed by atoms with Crippen LogP contribution in [0.5, 0.6) is 5.75 Å². The van der Waals surface area contributed by atoms with Gasteiger partial charge < -0.3 is 36.9 Å². The summed E-state index contributed by atoms with van der Waals surface area (Å²) >= 11 is 8.03. The number of thiol groups is 2. The highest BCUT2D eigenvalue weighted by molar-refractivity contribution is 7.80. The largest absolute Gasteiger partial charge is 0.508 e. The van der Waals surface area contributed by atoms with Crippen LogP contribution in [-0.4, -0.2) is 74.6 Å². The molecule has 8 N–H and O–H groups in total. The van der Waals surface area contributed by atoms with Gasteiger partial charge in [0.1, 0.15) is 23.9 Å². The van der Waals surface area contributed by atoms with Gasteiger partial charge in [-0.3, -0.25) is 14.4 Å². The first-order valence-electron chi connectivity index (χ1n) is 12.1. The first-order valence-corrected chi connectivity index (χ1v) is 13.3. The monoisotopic (exact) mass is 573 g/mol. The fourth-order valence-corrected chi connectivity index (χ4v) is 4.41. The minimum absolute atomic E-state index is 0.0347. The Morgan fingerprint density at radius 1 is 0.821 bits per heavy atom. The molecule has 0 fully saturated rings. The summed E-state index contributed by atoms with van der Waals surface area (Å²) in [5, 5.41) is 27.2. The number of nitrogens with two attached hydrogens (primary N) is 1. The zero-order chi connectivity index (χ0) is 28.5. The number of carbonyl (C=O) groups is 4. The fourth-order valence-electron chi connectivity index (χ4n) is 3.91. The Hall–Kier alpha value is -3.68. The number of hydrogen-bond acceptors (Lipinski definition) is 8. The summed E-state index contributed by atoms with van der Waals surface area (Å²) in [4.78, 5) is 53.3. The second-order valence-corrected chi connectivity index (χ2v) is 9.66. The van der Waals surface area contributed by atoms with E-state index in [0.717, 1.165) is 16.5 Å². The predicted molar refractivity (Wildman–Crippen MR) is 153 cm³/mol. The number of nitrogens with one attached hydrogen (secondary N) is 4. The third kappa shape index (κ3) is 8.15. The molecule has 1 heterocycles. The number of rotatable bonds is 13. The summed E-state index contributed by atoms with van der Waals surface area (Å²) in [7, 11) is 0. The molecule has 0 saturated carbocycles. The molecule has 3 amide bonds. The Kier molecular flexibility index (Phi) is 10.7. The van der Waals surface area contributed by atoms with Crippen LogP contribution in [0.3, 0.4) is 0 Å². The molecule has 208 valence electrons. The smallest absolute Gasteiger partial charge is 0.327 e. The second-order valence-electron chi connectivity index (χ2n) is 8.93. The van der Waals surface area contributed by atoms with Gasteiger partial charge >= 0.3 is 5.97 Å². The van der Waals surface area contributed by atoms with Crippen LogP contribution in [0.2, 0.25) is 0 Å². The van der Waals surface area contributed by atoms with E-state index in [0.29, 0.717) is 5.56 Å². The molecule has 0 radical (unpaired) electrons. The number of benzene rings is 2. The third-order valence-electron chi connectivity index (χ3n) is 6.07. The molecular weight excluding hydrogens is 542 g/mol. The molecule has 13 heteroatoms. The Morgan fingerprint density at radius 2 is 1.41 bits per heavy atom. The van der Waals surface area contributed by atoms with E-state index in [1.54, 1.807) is 18.3 Å². The minimum Gasteiger partial charge on any atom is -0.508 e. The maximum absolute atomic E-state index is 13.3. The lowest BCUT2D eigenvalue weighted by molar-refractivity contribution is -0.141. The molecule has 0 aliphatic heterocycles. The molecule has 2 aromatic carbocycles. The normalized spacial score (nSPS) is 14.1. The Balaban J connectivity index is 1.74. The minimum atomic E-state index is -1.27. The quantitative estimate of drug-likeness (QED) is 0.132. The molecular formula is C26H31N5O6S2. The van der Waals surface area contributed by atoms with Crippen LogP contribution in [0.15, 0.2) is 54.7 Å². The van der Waals surface area contributed by atoms with E-state index in [9.17, 15) is 29.4 Å². The number of phenols is 1. The average Bonchev–Trinajstić information content (AvgIpc) is 3.33. The number of H-pyrrole nitrogens is 1. The van der Waals surface area contributed by atoms with Gasteiger partial charge in [-0.05, 0) is 35.7 Å². The van der Waals surface area contributed by atoms with Gasteiger partial charge in [0.2, 0.25) is 17.7 Å². The standard InChI is InChI=1S/C26H31N5O6S2/c27-18(10-15-11-28-19-4-2-1-3-17(15)19)23(33)29-20(9-14-5-7-16(32)8-6-14)24(34)30-21(12-38)25(35)31-22(13-39)26(36)37/h1-8,11,18,20-22,28,32,38-39H,9-10,12-13,27H2,(H,29,33)(H,30,34)(H,31,35)(H,36,37). The van der Waals surface area contributed by atoms with Crippen molar-refractivity contribution in [2.24, 2.45) is 5.73 Å². The van der Waals surface area contributed by atoms with Crippen LogP contribution in [0.1, 0.15) is 11.1 Å². The average molecular weight is 574 g/mol. The van der Waals surface area contributed by atoms with E-state index in [2.05, 4.69) is 46.2 Å². The molecule has 4 atom stereocenters. The second kappa shape index (κ2) is 13.9. The highest BCUT2D eigenvalue weighted by atomic mass is 32.1. The SMILES string of the molecule is NC(Cc1c[nH]c2ccccc12)C(=O)NC(Cc1ccc(O)cc1)C(=O)NC(CS)C(=O)NC(CS)C(=O)O. The van der Waals surface area contributed by atoms with Crippen molar-refractivity contribution < 1.29 is 29.4 Å². The number of fused-ring (bicyclic) bond motifs is 1. The van der Waals surface area contributed by atoms with Gasteiger partial charge in [0.25, 0.3) is 0 Å². The Labute approximate surface area is 235 Å².